The topological polar surface area (TPSA) is 29.5 Å². The lowest BCUT2D eigenvalue weighted by atomic mass is 10.2. The van der Waals surface area contributed by atoms with Crippen LogP contribution in [0.25, 0.3) is 0 Å². The standard InChI is InChI=1S/C12H14BrF2NO2/c1-2-16(7-6-13)11(17)9-4-3-5-10(8-9)18-12(14)15/h3-5,8,12H,2,6-7H2,1H3. The third kappa shape index (κ3) is 4.25. The molecule has 0 saturated carbocycles. The Hall–Kier alpha value is -1.17. The Labute approximate surface area is 113 Å². The molecule has 1 aromatic rings. The van der Waals surface area contributed by atoms with Crippen LogP contribution in [0.5, 0.6) is 5.75 Å². The van der Waals surface area contributed by atoms with Gasteiger partial charge in [-0.3, -0.25) is 4.79 Å². The van der Waals surface area contributed by atoms with E-state index in [4.69, 9.17) is 0 Å². The first kappa shape index (κ1) is 14.9. The van der Waals surface area contributed by atoms with Gasteiger partial charge in [0.2, 0.25) is 0 Å². The van der Waals surface area contributed by atoms with Gasteiger partial charge in [0.1, 0.15) is 5.75 Å². The Morgan fingerprint density at radius 1 is 1.50 bits per heavy atom. The minimum atomic E-state index is -2.89. The van der Waals surface area contributed by atoms with Crippen molar-refractivity contribution in [3.63, 3.8) is 0 Å². The lowest BCUT2D eigenvalue weighted by Gasteiger charge is -2.19. The maximum Gasteiger partial charge on any atom is 0.387 e. The van der Waals surface area contributed by atoms with Gasteiger partial charge in [-0.25, -0.2) is 0 Å². The summed E-state index contributed by atoms with van der Waals surface area (Å²) in [5.41, 5.74) is 0.343. The van der Waals surface area contributed by atoms with E-state index in [9.17, 15) is 13.6 Å². The Bertz CT molecular complexity index is 401. The predicted molar refractivity (Wildman–Crippen MR) is 68.4 cm³/mol. The molecule has 100 valence electrons. The molecule has 3 nitrogen and oxygen atoms in total. The molecular formula is C12H14BrF2NO2. The van der Waals surface area contributed by atoms with Crippen LogP contribution < -0.4 is 4.74 Å². The van der Waals surface area contributed by atoms with Crippen molar-refractivity contribution in [2.24, 2.45) is 0 Å². The van der Waals surface area contributed by atoms with E-state index in [0.29, 0.717) is 24.0 Å². The van der Waals surface area contributed by atoms with Crippen LogP contribution in [0.2, 0.25) is 0 Å². The Morgan fingerprint density at radius 3 is 2.78 bits per heavy atom. The number of carbonyl (C=O) groups is 1. The smallest absolute Gasteiger partial charge is 0.387 e. The summed E-state index contributed by atoms with van der Waals surface area (Å²) in [5, 5.41) is 0.666. The van der Waals surface area contributed by atoms with Gasteiger partial charge in [-0.05, 0) is 25.1 Å². The van der Waals surface area contributed by atoms with Gasteiger partial charge in [0.25, 0.3) is 5.91 Å². The first-order chi connectivity index (χ1) is 8.58. The van der Waals surface area contributed by atoms with Crippen LogP contribution in [0, 0.1) is 0 Å². The van der Waals surface area contributed by atoms with Crippen LogP contribution in [-0.2, 0) is 0 Å². The van der Waals surface area contributed by atoms with Gasteiger partial charge in [-0.2, -0.15) is 8.78 Å². The van der Waals surface area contributed by atoms with Gasteiger partial charge in [-0.15, -0.1) is 0 Å². The fourth-order valence-electron chi connectivity index (χ4n) is 1.49. The summed E-state index contributed by atoms with van der Waals surface area (Å²) >= 11 is 3.26. The molecule has 0 atom stereocenters. The largest absolute Gasteiger partial charge is 0.435 e. The summed E-state index contributed by atoms with van der Waals surface area (Å²) in [4.78, 5) is 13.7. The average molecular weight is 322 g/mol. The third-order valence-electron chi connectivity index (χ3n) is 2.33. The van der Waals surface area contributed by atoms with Crippen LogP contribution in [0.4, 0.5) is 8.78 Å². The first-order valence-electron chi connectivity index (χ1n) is 5.48. The lowest BCUT2D eigenvalue weighted by Crippen LogP contribution is -2.32. The number of rotatable bonds is 6. The Kier molecular flexibility index (Phi) is 6.04. The van der Waals surface area contributed by atoms with Crippen LogP contribution in [-0.4, -0.2) is 35.8 Å². The molecule has 0 N–H and O–H groups in total. The maximum atomic E-state index is 12.1. The van der Waals surface area contributed by atoms with E-state index in [2.05, 4.69) is 20.7 Å². The van der Waals surface area contributed by atoms with Crippen molar-refractivity contribution in [2.75, 3.05) is 18.4 Å². The molecule has 1 aromatic carbocycles. The van der Waals surface area contributed by atoms with Crippen LogP contribution >= 0.6 is 15.9 Å². The summed E-state index contributed by atoms with van der Waals surface area (Å²) in [5.74, 6) is -0.206. The number of halogens is 3. The van der Waals surface area contributed by atoms with Gasteiger partial charge in [0.15, 0.2) is 0 Å². The second-order valence-corrected chi connectivity index (χ2v) is 4.27. The minimum Gasteiger partial charge on any atom is -0.435 e. The van der Waals surface area contributed by atoms with Gasteiger partial charge in [-0.1, -0.05) is 22.0 Å². The van der Waals surface area contributed by atoms with Crippen molar-refractivity contribution in [1.29, 1.82) is 0 Å². The SMILES string of the molecule is CCN(CCBr)C(=O)c1cccc(OC(F)F)c1. The van der Waals surface area contributed by atoms with E-state index in [1.165, 1.54) is 18.2 Å². The molecule has 1 amide bonds. The summed E-state index contributed by atoms with van der Waals surface area (Å²) in [6.45, 7) is 0.0971. The lowest BCUT2D eigenvalue weighted by molar-refractivity contribution is -0.0499. The average Bonchev–Trinajstić information content (AvgIpc) is 2.34. The van der Waals surface area contributed by atoms with Crippen molar-refractivity contribution in [3.8, 4) is 5.75 Å². The second kappa shape index (κ2) is 7.31. The molecule has 0 fully saturated rings. The molecule has 0 unspecified atom stereocenters. The number of carbonyl (C=O) groups excluding carboxylic acids is 1. The van der Waals surface area contributed by atoms with E-state index in [1.54, 1.807) is 11.0 Å². The number of hydrogen-bond donors (Lipinski definition) is 0. The Morgan fingerprint density at radius 2 is 2.22 bits per heavy atom. The molecule has 0 bridgehead atoms. The molecule has 0 heterocycles. The van der Waals surface area contributed by atoms with Gasteiger partial charge >= 0.3 is 6.61 Å². The third-order valence-corrected chi connectivity index (χ3v) is 2.68. The molecule has 1 rings (SSSR count). The zero-order chi connectivity index (χ0) is 13.5. The molecule has 18 heavy (non-hydrogen) atoms. The van der Waals surface area contributed by atoms with Gasteiger partial charge < -0.3 is 9.64 Å². The first-order valence-corrected chi connectivity index (χ1v) is 6.60. The molecule has 0 aliphatic heterocycles. The number of ether oxygens (including phenoxy) is 1. The van der Waals surface area contributed by atoms with E-state index in [0.717, 1.165) is 0 Å². The number of benzene rings is 1. The summed E-state index contributed by atoms with van der Waals surface area (Å²) in [6, 6.07) is 5.82. The van der Waals surface area contributed by atoms with Crippen molar-refractivity contribution in [3.05, 3.63) is 29.8 Å². The monoisotopic (exact) mass is 321 g/mol. The summed E-state index contributed by atoms with van der Waals surface area (Å²) < 4.78 is 28.4. The van der Waals surface area contributed by atoms with Crippen molar-refractivity contribution in [2.45, 2.75) is 13.5 Å². The molecule has 0 aromatic heterocycles. The molecule has 0 saturated heterocycles. The minimum absolute atomic E-state index is 0.00857. The van der Waals surface area contributed by atoms with E-state index < -0.39 is 6.61 Å². The van der Waals surface area contributed by atoms with Crippen molar-refractivity contribution < 1.29 is 18.3 Å². The molecule has 0 aliphatic rings. The zero-order valence-corrected chi connectivity index (χ0v) is 11.5. The van der Waals surface area contributed by atoms with Crippen LogP contribution in [0.3, 0.4) is 0 Å². The van der Waals surface area contributed by atoms with Crippen molar-refractivity contribution >= 4 is 21.8 Å². The molecule has 0 radical (unpaired) electrons. The van der Waals surface area contributed by atoms with E-state index >= 15 is 0 Å². The number of alkyl halides is 3. The molecule has 0 spiro atoms. The fourth-order valence-corrected chi connectivity index (χ4v) is 1.92. The molecule has 0 aliphatic carbocycles. The molecule has 6 heteroatoms. The highest BCUT2D eigenvalue weighted by atomic mass is 79.9. The Balaban J connectivity index is 2.84. The second-order valence-electron chi connectivity index (χ2n) is 3.48. The highest BCUT2D eigenvalue weighted by Gasteiger charge is 2.14. The van der Waals surface area contributed by atoms with Gasteiger partial charge in [0, 0.05) is 24.0 Å². The highest BCUT2D eigenvalue weighted by Crippen LogP contribution is 2.17. The number of amides is 1. The predicted octanol–water partition coefficient (Wildman–Crippen LogP) is 3.15. The summed E-state index contributed by atoms with van der Waals surface area (Å²) in [6.07, 6.45) is 0. The van der Waals surface area contributed by atoms with Gasteiger partial charge in [0.05, 0.1) is 0 Å². The van der Waals surface area contributed by atoms with Crippen LogP contribution in [0.1, 0.15) is 17.3 Å². The molecular weight excluding hydrogens is 308 g/mol. The van der Waals surface area contributed by atoms with Crippen LogP contribution in [0.15, 0.2) is 24.3 Å². The number of hydrogen-bond acceptors (Lipinski definition) is 2. The van der Waals surface area contributed by atoms with E-state index in [1.807, 2.05) is 6.92 Å². The normalized spacial score (nSPS) is 10.5. The fraction of sp³-hybridized carbons (Fsp3) is 0.417. The quantitative estimate of drug-likeness (QED) is 0.753. The van der Waals surface area contributed by atoms with Crippen molar-refractivity contribution in [1.82, 2.24) is 4.90 Å². The summed E-state index contributed by atoms with van der Waals surface area (Å²) in [7, 11) is 0. The zero-order valence-electron chi connectivity index (χ0n) is 9.91. The highest BCUT2D eigenvalue weighted by molar-refractivity contribution is 9.09. The number of nitrogens with zero attached hydrogens (tertiary/aromatic N) is 1. The van der Waals surface area contributed by atoms with E-state index in [-0.39, 0.29) is 11.7 Å². The maximum absolute atomic E-state index is 12.1.